The number of pyridine rings is 1. The summed E-state index contributed by atoms with van der Waals surface area (Å²) in [4.78, 5) is 17.9. The van der Waals surface area contributed by atoms with Gasteiger partial charge in [0.2, 0.25) is 5.88 Å². The number of anilines is 2. The van der Waals surface area contributed by atoms with Crippen molar-refractivity contribution in [2.75, 3.05) is 50.0 Å². The molecular weight excluding hydrogens is 645 g/mol. The quantitative estimate of drug-likeness (QED) is 0.243. The van der Waals surface area contributed by atoms with Crippen LogP contribution in [-0.4, -0.2) is 82.5 Å². The third kappa shape index (κ3) is 5.13. The van der Waals surface area contributed by atoms with E-state index in [-0.39, 0.29) is 47.7 Å². The summed E-state index contributed by atoms with van der Waals surface area (Å²) in [6.45, 7) is 2.80. The molecule has 1 aromatic carbocycles. The lowest BCUT2D eigenvalue weighted by Gasteiger charge is -2.50. The molecule has 0 radical (unpaired) electrons. The van der Waals surface area contributed by atoms with Gasteiger partial charge in [0.15, 0.2) is 5.82 Å². The topological polar surface area (TPSA) is 102 Å². The van der Waals surface area contributed by atoms with Gasteiger partial charge < -0.3 is 25.4 Å². The van der Waals surface area contributed by atoms with E-state index in [1.807, 2.05) is 0 Å². The van der Waals surface area contributed by atoms with Crippen LogP contribution in [0.15, 0.2) is 12.1 Å². The molecule has 1 aliphatic carbocycles. The summed E-state index contributed by atoms with van der Waals surface area (Å²) >= 11 is 6.05. The van der Waals surface area contributed by atoms with Gasteiger partial charge in [-0.1, -0.05) is 11.6 Å². The molecule has 15 heteroatoms. The highest BCUT2D eigenvalue weighted by molar-refractivity contribution is 6.32. The van der Waals surface area contributed by atoms with Gasteiger partial charge in [-0.25, -0.2) is 13.8 Å². The Balaban J connectivity index is 1.32. The molecule has 1 spiro atoms. The number of hydrogen-bond acceptors (Lipinski definition) is 9. The second-order valence-corrected chi connectivity index (χ2v) is 14.1. The number of nitrogen functional groups attached to an aromatic ring is 1. The normalized spacial score (nSPS) is 26.8. The molecule has 9 nitrogen and oxygen atoms in total. The Hall–Kier alpha value is -3.23. The second-order valence-electron chi connectivity index (χ2n) is 13.7. The number of ether oxygens (including phenoxy) is 2. The minimum Gasteiger partial charge on any atom is -0.475 e. The van der Waals surface area contributed by atoms with E-state index in [1.165, 1.54) is 0 Å². The summed E-state index contributed by atoms with van der Waals surface area (Å²) in [5.74, 6) is -0.822. The molecule has 3 saturated heterocycles. The van der Waals surface area contributed by atoms with Crippen molar-refractivity contribution in [2.45, 2.75) is 80.8 Å². The summed E-state index contributed by atoms with van der Waals surface area (Å²) in [6.07, 6.45) is 0.511. The van der Waals surface area contributed by atoms with Crippen molar-refractivity contribution in [2.24, 2.45) is 0 Å². The van der Waals surface area contributed by atoms with Crippen LogP contribution in [0.4, 0.5) is 33.5 Å². The molecule has 47 heavy (non-hydrogen) atoms. The lowest BCUT2D eigenvalue weighted by atomic mass is 9.75. The number of alkyl halides is 4. The van der Waals surface area contributed by atoms with Crippen molar-refractivity contribution in [3.63, 3.8) is 0 Å². The Morgan fingerprint density at radius 2 is 1.96 bits per heavy atom. The number of nitrogens with one attached hydrogen (secondary N) is 1. The molecule has 4 fully saturated rings. The molecule has 252 valence electrons. The third-order valence-corrected chi connectivity index (χ3v) is 11.0. The number of fused-ring (bicyclic) bond motifs is 1. The van der Waals surface area contributed by atoms with Crippen molar-refractivity contribution < 1.29 is 31.4 Å². The highest BCUT2D eigenvalue weighted by Crippen LogP contribution is 2.50. The van der Waals surface area contributed by atoms with Crippen LogP contribution in [0.25, 0.3) is 22.2 Å². The van der Waals surface area contributed by atoms with Gasteiger partial charge in [-0.05, 0) is 70.2 Å². The minimum absolute atomic E-state index is 0.0746. The highest BCUT2D eigenvalue weighted by Gasteiger charge is 2.51. The Morgan fingerprint density at radius 1 is 1.13 bits per heavy atom. The number of halogens is 6. The number of hydrogen-bond donors (Lipinski definition) is 2. The monoisotopic (exact) mass is 679 g/mol. The van der Waals surface area contributed by atoms with Gasteiger partial charge in [-0.15, -0.1) is 0 Å². The number of nitrogens with two attached hydrogens (primary N) is 1. The number of rotatable bonds is 6. The Bertz CT molecular complexity index is 1730. The van der Waals surface area contributed by atoms with E-state index in [2.05, 4.69) is 25.1 Å². The van der Waals surface area contributed by atoms with Gasteiger partial charge in [-0.3, -0.25) is 4.90 Å². The first-order chi connectivity index (χ1) is 22.5. The van der Waals surface area contributed by atoms with E-state index < -0.39 is 51.1 Å². The third-order valence-electron chi connectivity index (χ3n) is 10.7. The fourth-order valence-corrected chi connectivity index (χ4v) is 8.65. The maximum absolute atomic E-state index is 16.8. The number of benzene rings is 1. The van der Waals surface area contributed by atoms with Crippen LogP contribution in [0.3, 0.4) is 0 Å². The molecule has 8 rings (SSSR count). The maximum Gasteiger partial charge on any atom is 0.418 e. The van der Waals surface area contributed by atoms with Crippen LogP contribution >= 0.6 is 11.6 Å². The van der Waals surface area contributed by atoms with Crippen LogP contribution in [0, 0.1) is 5.82 Å². The molecule has 5 aliphatic rings. The van der Waals surface area contributed by atoms with E-state index in [9.17, 15) is 17.6 Å². The smallest absolute Gasteiger partial charge is 0.418 e. The first-order valence-electron chi connectivity index (χ1n) is 16.2. The van der Waals surface area contributed by atoms with Crippen molar-refractivity contribution in [3.8, 4) is 23.1 Å². The first kappa shape index (κ1) is 31.1. The zero-order valence-corrected chi connectivity index (χ0v) is 26.4. The summed E-state index contributed by atoms with van der Waals surface area (Å²) in [7, 11) is 0. The standard InChI is InChI=1S/C32H35ClF5N7O2/c33-21-11-18(39)10-20(23(21)32(36,37)38)25-24(35)26-22-27(43-29(42-26)47-16-31-7-3-9-44(31)13-17(34)12-31)45(14-19-4-1-8-40-19)30(5-2-6-30)15-46-28(22)41-25/h10-11,17,19,40H,1-9,12-16,39H2/t17-,19?,31+/m1/s1. The average Bonchev–Trinajstić information content (AvgIpc) is 3.68. The Morgan fingerprint density at radius 3 is 2.68 bits per heavy atom. The predicted octanol–water partition coefficient (Wildman–Crippen LogP) is 5.91. The molecule has 3 aromatic rings. The van der Waals surface area contributed by atoms with Crippen molar-refractivity contribution in [1.82, 2.24) is 25.2 Å². The van der Waals surface area contributed by atoms with Gasteiger partial charge in [-0.2, -0.15) is 23.1 Å². The van der Waals surface area contributed by atoms with Gasteiger partial charge in [0.25, 0.3) is 0 Å². The summed E-state index contributed by atoms with van der Waals surface area (Å²) in [5.41, 5.74) is 2.00. The van der Waals surface area contributed by atoms with Gasteiger partial charge in [0, 0.05) is 36.8 Å². The number of nitrogens with zero attached hydrogens (tertiary/aromatic N) is 5. The van der Waals surface area contributed by atoms with E-state index in [1.54, 1.807) is 0 Å². The van der Waals surface area contributed by atoms with Crippen LogP contribution in [0.1, 0.15) is 56.9 Å². The van der Waals surface area contributed by atoms with Crippen LogP contribution in [0.2, 0.25) is 5.02 Å². The summed E-state index contributed by atoms with van der Waals surface area (Å²) in [6, 6.07) is 1.98. The molecule has 3 N–H and O–H groups in total. The highest BCUT2D eigenvalue weighted by atomic mass is 35.5. The molecule has 3 atom stereocenters. The first-order valence-corrected chi connectivity index (χ1v) is 16.6. The molecule has 1 unspecified atom stereocenters. The Kier molecular flexibility index (Phi) is 7.38. The van der Waals surface area contributed by atoms with Gasteiger partial charge >= 0.3 is 12.2 Å². The van der Waals surface area contributed by atoms with Crippen molar-refractivity contribution in [1.29, 1.82) is 0 Å². The molecule has 4 aliphatic heterocycles. The van der Waals surface area contributed by atoms with E-state index in [0.717, 1.165) is 70.2 Å². The zero-order chi connectivity index (χ0) is 32.7. The average molecular weight is 680 g/mol. The molecule has 0 amide bonds. The van der Waals surface area contributed by atoms with Crippen LogP contribution in [0.5, 0.6) is 11.9 Å². The molecule has 1 saturated carbocycles. The summed E-state index contributed by atoms with van der Waals surface area (Å²) in [5, 5.41) is 3.01. The molecule has 2 aromatic heterocycles. The lowest BCUT2D eigenvalue weighted by Crippen LogP contribution is -2.60. The molecule has 6 heterocycles. The number of aromatic nitrogens is 3. The van der Waals surface area contributed by atoms with Crippen molar-refractivity contribution >= 4 is 34.0 Å². The maximum atomic E-state index is 16.8. The van der Waals surface area contributed by atoms with E-state index >= 15 is 4.39 Å². The van der Waals surface area contributed by atoms with Crippen molar-refractivity contribution in [3.05, 3.63) is 28.5 Å². The zero-order valence-electron chi connectivity index (χ0n) is 25.6. The van der Waals surface area contributed by atoms with E-state index in [0.29, 0.717) is 25.3 Å². The Labute approximate surface area is 273 Å². The van der Waals surface area contributed by atoms with E-state index in [4.69, 9.17) is 31.8 Å². The minimum atomic E-state index is -4.94. The van der Waals surface area contributed by atoms with Crippen LogP contribution in [-0.2, 0) is 6.18 Å². The molecule has 0 bridgehead atoms. The largest absolute Gasteiger partial charge is 0.475 e. The second kappa shape index (κ2) is 11.2. The van der Waals surface area contributed by atoms with Gasteiger partial charge in [0.05, 0.1) is 21.7 Å². The lowest BCUT2D eigenvalue weighted by molar-refractivity contribution is -0.137. The predicted molar refractivity (Wildman–Crippen MR) is 166 cm³/mol. The SMILES string of the molecule is Nc1cc(Cl)c(C(F)(F)F)c(-c2nc3c4c(nc(OC[C@@]56CCCN5C[C@H](F)C6)nc4c2F)N(CC2CCCN2)C2(CCC2)CO3)c1. The van der Waals surface area contributed by atoms with Gasteiger partial charge in [0.1, 0.15) is 41.8 Å². The van der Waals surface area contributed by atoms with Crippen LogP contribution < -0.4 is 25.4 Å². The fraction of sp³-hybridized carbons (Fsp3) is 0.594. The fourth-order valence-electron chi connectivity index (χ4n) is 8.31. The summed E-state index contributed by atoms with van der Waals surface area (Å²) < 4.78 is 86.9. The molecular formula is C32H35ClF5N7O2.